The van der Waals surface area contributed by atoms with Crippen LogP contribution in [0.2, 0.25) is 0 Å². The summed E-state index contributed by atoms with van der Waals surface area (Å²) >= 11 is 3.54. The quantitative estimate of drug-likeness (QED) is 0.756. The van der Waals surface area contributed by atoms with Crippen molar-refractivity contribution in [1.29, 1.82) is 0 Å². The molecule has 0 fully saturated rings. The van der Waals surface area contributed by atoms with Crippen molar-refractivity contribution in [3.8, 4) is 11.5 Å². The van der Waals surface area contributed by atoms with Crippen LogP contribution in [0.15, 0.2) is 46.9 Å². The van der Waals surface area contributed by atoms with E-state index in [1.165, 1.54) is 5.56 Å². The highest BCUT2D eigenvalue weighted by Crippen LogP contribution is 2.36. The third kappa shape index (κ3) is 5.20. The molecule has 22 heavy (non-hydrogen) atoms. The van der Waals surface area contributed by atoms with E-state index in [9.17, 15) is 0 Å². The van der Waals surface area contributed by atoms with Crippen LogP contribution in [0.4, 0.5) is 0 Å². The zero-order valence-corrected chi connectivity index (χ0v) is 15.2. The molecule has 0 aromatic heterocycles. The van der Waals surface area contributed by atoms with Crippen LogP contribution in [-0.4, -0.2) is 13.7 Å². The molecule has 3 nitrogen and oxygen atoms in total. The van der Waals surface area contributed by atoms with Crippen molar-refractivity contribution in [2.45, 2.75) is 20.0 Å². The first-order chi connectivity index (χ1) is 10.2. The maximum absolute atomic E-state index is 5.60. The molecule has 0 spiro atoms. The SMILES string of the molecule is CCOc1c(Br)cc(CNCc2ccccc2)cc1OC.Cl. The number of nitrogens with one attached hydrogen (secondary N) is 1. The van der Waals surface area contributed by atoms with E-state index >= 15 is 0 Å². The zero-order valence-electron chi connectivity index (χ0n) is 12.8. The van der Waals surface area contributed by atoms with Gasteiger partial charge in [0, 0.05) is 13.1 Å². The summed E-state index contributed by atoms with van der Waals surface area (Å²) in [6, 6.07) is 14.4. The Hall–Kier alpha value is -1.23. The van der Waals surface area contributed by atoms with E-state index in [2.05, 4.69) is 39.4 Å². The van der Waals surface area contributed by atoms with Gasteiger partial charge in [0.1, 0.15) is 0 Å². The van der Waals surface area contributed by atoms with Crippen molar-refractivity contribution in [1.82, 2.24) is 5.32 Å². The molecule has 0 heterocycles. The first-order valence-corrected chi connectivity index (χ1v) is 7.77. The molecule has 0 saturated heterocycles. The lowest BCUT2D eigenvalue weighted by atomic mass is 10.2. The van der Waals surface area contributed by atoms with E-state index in [4.69, 9.17) is 9.47 Å². The topological polar surface area (TPSA) is 30.5 Å². The third-order valence-electron chi connectivity index (χ3n) is 3.08. The highest BCUT2D eigenvalue weighted by Gasteiger charge is 2.11. The standard InChI is InChI=1S/C17H20BrNO2.ClH/c1-3-21-17-15(18)9-14(10-16(17)20-2)12-19-11-13-7-5-4-6-8-13;/h4-10,19H,3,11-12H2,1-2H3;1H. The van der Waals surface area contributed by atoms with Crippen molar-refractivity contribution in [2.75, 3.05) is 13.7 Å². The van der Waals surface area contributed by atoms with Crippen LogP contribution in [0, 0.1) is 0 Å². The molecule has 0 saturated carbocycles. The lowest BCUT2D eigenvalue weighted by Crippen LogP contribution is -2.12. The Morgan fingerprint density at radius 3 is 2.36 bits per heavy atom. The molecule has 0 aliphatic rings. The Morgan fingerprint density at radius 1 is 1.05 bits per heavy atom. The van der Waals surface area contributed by atoms with Crippen LogP contribution in [0.3, 0.4) is 0 Å². The van der Waals surface area contributed by atoms with Gasteiger partial charge >= 0.3 is 0 Å². The molecule has 0 atom stereocenters. The fourth-order valence-corrected chi connectivity index (χ4v) is 2.71. The van der Waals surface area contributed by atoms with Gasteiger partial charge in [-0.25, -0.2) is 0 Å². The molecular formula is C17H21BrClNO2. The third-order valence-corrected chi connectivity index (χ3v) is 3.67. The summed E-state index contributed by atoms with van der Waals surface area (Å²) in [5, 5.41) is 3.43. The monoisotopic (exact) mass is 385 g/mol. The van der Waals surface area contributed by atoms with Crippen molar-refractivity contribution < 1.29 is 9.47 Å². The summed E-state index contributed by atoms with van der Waals surface area (Å²) in [6.07, 6.45) is 0. The highest BCUT2D eigenvalue weighted by molar-refractivity contribution is 9.10. The van der Waals surface area contributed by atoms with Gasteiger partial charge < -0.3 is 14.8 Å². The van der Waals surface area contributed by atoms with Gasteiger partial charge in [0.15, 0.2) is 11.5 Å². The molecule has 2 aromatic carbocycles. The summed E-state index contributed by atoms with van der Waals surface area (Å²) < 4.78 is 11.9. The summed E-state index contributed by atoms with van der Waals surface area (Å²) in [6.45, 7) is 4.19. The van der Waals surface area contributed by atoms with E-state index in [0.717, 1.165) is 34.6 Å². The largest absolute Gasteiger partial charge is 0.493 e. The fraction of sp³-hybridized carbons (Fsp3) is 0.294. The molecule has 2 aromatic rings. The minimum Gasteiger partial charge on any atom is -0.493 e. The maximum atomic E-state index is 5.60. The second-order valence-corrected chi connectivity index (χ2v) is 5.49. The first-order valence-electron chi connectivity index (χ1n) is 6.98. The second kappa shape index (κ2) is 9.72. The van der Waals surface area contributed by atoms with Gasteiger partial charge in [-0.15, -0.1) is 12.4 Å². The molecule has 120 valence electrons. The van der Waals surface area contributed by atoms with Gasteiger partial charge in [0.2, 0.25) is 0 Å². The van der Waals surface area contributed by atoms with E-state index in [-0.39, 0.29) is 12.4 Å². The number of halogens is 2. The number of methoxy groups -OCH3 is 1. The van der Waals surface area contributed by atoms with E-state index in [0.29, 0.717) is 6.61 Å². The lowest BCUT2D eigenvalue weighted by molar-refractivity contribution is 0.308. The predicted molar refractivity (Wildman–Crippen MR) is 96.1 cm³/mol. The second-order valence-electron chi connectivity index (χ2n) is 4.63. The molecule has 0 unspecified atom stereocenters. The molecule has 0 aliphatic heterocycles. The van der Waals surface area contributed by atoms with Crippen LogP contribution in [0.1, 0.15) is 18.1 Å². The zero-order chi connectivity index (χ0) is 15.1. The number of rotatable bonds is 7. The summed E-state index contributed by atoms with van der Waals surface area (Å²) in [5.74, 6) is 1.51. The van der Waals surface area contributed by atoms with Gasteiger partial charge in [-0.1, -0.05) is 30.3 Å². The van der Waals surface area contributed by atoms with Crippen LogP contribution >= 0.6 is 28.3 Å². The minimum absolute atomic E-state index is 0. The lowest BCUT2D eigenvalue weighted by Gasteiger charge is -2.13. The van der Waals surface area contributed by atoms with Gasteiger partial charge in [0.25, 0.3) is 0 Å². The molecular weight excluding hydrogens is 366 g/mol. The predicted octanol–water partition coefficient (Wildman–Crippen LogP) is 4.57. The number of hydrogen-bond donors (Lipinski definition) is 1. The van der Waals surface area contributed by atoms with E-state index in [1.54, 1.807) is 7.11 Å². The molecule has 5 heteroatoms. The van der Waals surface area contributed by atoms with Crippen LogP contribution in [0.25, 0.3) is 0 Å². The van der Waals surface area contributed by atoms with Gasteiger partial charge in [0.05, 0.1) is 18.2 Å². The summed E-state index contributed by atoms with van der Waals surface area (Å²) in [5.41, 5.74) is 2.42. The first kappa shape index (κ1) is 18.8. The van der Waals surface area contributed by atoms with Crippen molar-refractivity contribution >= 4 is 28.3 Å². The fourth-order valence-electron chi connectivity index (χ4n) is 2.11. The Kier molecular flexibility index (Phi) is 8.31. The van der Waals surface area contributed by atoms with Gasteiger partial charge in [-0.2, -0.15) is 0 Å². The summed E-state index contributed by atoms with van der Waals surface area (Å²) in [7, 11) is 1.66. The number of hydrogen-bond acceptors (Lipinski definition) is 3. The number of benzene rings is 2. The Bertz CT molecular complexity index is 578. The van der Waals surface area contributed by atoms with Crippen molar-refractivity contribution in [3.05, 3.63) is 58.1 Å². The van der Waals surface area contributed by atoms with Crippen LogP contribution in [0.5, 0.6) is 11.5 Å². The maximum Gasteiger partial charge on any atom is 0.175 e. The molecule has 0 bridgehead atoms. The minimum atomic E-state index is 0. The molecule has 1 N–H and O–H groups in total. The Labute approximate surface area is 146 Å². The van der Waals surface area contributed by atoms with E-state index in [1.807, 2.05) is 31.2 Å². The molecule has 0 aliphatic carbocycles. The van der Waals surface area contributed by atoms with E-state index < -0.39 is 0 Å². The highest BCUT2D eigenvalue weighted by atomic mass is 79.9. The van der Waals surface area contributed by atoms with Crippen molar-refractivity contribution in [2.24, 2.45) is 0 Å². The average Bonchev–Trinajstić information content (AvgIpc) is 2.51. The smallest absolute Gasteiger partial charge is 0.175 e. The van der Waals surface area contributed by atoms with Gasteiger partial charge in [-0.05, 0) is 46.1 Å². The Morgan fingerprint density at radius 2 is 1.73 bits per heavy atom. The normalized spacial score (nSPS) is 9.95. The number of ether oxygens (including phenoxy) is 2. The average molecular weight is 387 g/mol. The van der Waals surface area contributed by atoms with Crippen LogP contribution < -0.4 is 14.8 Å². The van der Waals surface area contributed by atoms with Crippen molar-refractivity contribution in [3.63, 3.8) is 0 Å². The molecule has 0 amide bonds. The van der Waals surface area contributed by atoms with Crippen LogP contribution in [-0.2, 0) is 13.1 Å². The molecule has 2 rings (SSSR count). The Balaban J connectivity index is 0.00000242. The van der Waals surface area contributed by atoms with Gasteiger partial charge in [-0.3, -0.25) is 0 Å². The summed E-state index contributed by atoms with van der Waals surface area (Å²) in [4.78, 5) is 0. The molecule has 0 radical (unpaired) electrons.